The summed E-state index contributed by atoms with van der Waals surface area (Å²) in [7, 11) is -0.137. The molecule has 5 nitrogen and oxygen atoms in total. The highest BCUT2D eigenvalue weighted by Gasteiger charge is 2.17. The zero-order valence-electron chi connectivity index (χ0n) is 12.1. The molecule has 0 unspecified atom stereocenters. The number of aryl methyl sites for hydroxylation is 1. The fraction of sp³-hybridized carbons (Fsp3) is 0.286. The van der Waals surface area contributed by atoms with Crippen LogP contribution in [0.3, 0.4) is 0 Å². The van der Waals surface area contributed by atoms with E-state index in [0.717, 1.165) is 16.2 Å². The molecule has 2 rings (SSSR count). The zero-order chi connectivity index (χ0) is 15.5. The summed E-state index contributed by atoms with van der Waals surface area (Å²) >= 11 is 1.26. The van der Waals surface area contributed by atoms with E-state index in [4.69, 9.17) is 4.74 Å². The Hall–Kier alpha value is -1.57. The van der Waals surface area contributed by atoms with Crippen LogP contribution in [0, 0.1) is 6.92 Å². The Labute approximate surface area is 129 Å². The van der Waals surface area contributed by atoms with Gasteiger partial charge in [0.1, 0.15) is 9.96 Å². The molecule has 0 bridgehead atoms. The quantitative estimate of drug-likeness (QED) is 0.856. The summed E-state index contributed by atoms with van der Waals surface area (Å²) in [5.74, 6) is 0.727. The van der Waals surface area contributed by atoms with Gasteiger partial charge in [-0.15, -0.1) is 11.3 Å². The van der Waals surface area contributed by atoms with Gasteiger partial charge in [0.2, 0.25) is 0 Å². The number of hydrogen-bond donors (Lipinski definition) is 2. The second-order valence-corrected chi connectivity index (χ2v) is 7.62. The largest absolute Gasteiger partial charge is 0.496 e. The molecular weight excluding hydrogens is 308 g/mol. The molecule has 2 N–H and O–H groups in total. The molecule has 0 saturated heterocycles. The maximum absolute atomic E-state index is 12.3. The highest BCUT2D eigenvalue weighted by atomic mass is 32.2. The molecule has 0 amide bonds. The smallest absolute Gasteiger partial charge is 0.271 e. The average molecular weight is 326 g/mol. The van der Waals surface area contributed by atoms with Crippen molar-refractivity contribution in [2.24, 2.45) is 0 Å². The summed E-state index contributed by atoms with van der Waals surface area (Å²) in [6.45, 7) is 2.52. The van der Waals surface area contributed by atoms with E-state index < -0.39 is 10.0 Å². The van der Waals surface area contributed by atoms with Crippen LogP contribution in [0.15, 0.2) is 34.5 Å². The Kier molecular flexibility index (Phi) is 4.87. The van der Waals surface area contributed by atoms with Crippen LogP contribution in [0.2, 0.25) is 0 Å². The second-order valence-electron chi connectivity index (χ2n) is 4.54. The van der Waals surface area contributed by atoms with Crippen LogP contribution in [0.1, 0.15) is 10.4 Å². The van der Waals surface area contributed by atoms with Crippen molar-refractivity contribution in [3.63, 3.8) is 0 Å². The minimum Gasteiger partial charge on any atom is -0.496 e. The molecule has 7 heteroatoms. The highest BCUT2D eigenvalue weighted by molar-refractivity contribution is 7.94. The van der Waals surface area contributed by atoms with Crippen molar-refractivity contribution >= 4 is 27.0 Å². The van der Waals surface area contributed by atoms with E-state index in [1.807, 2.05) is 20.0 Å². The molecular formula is C14H18N2O3S2. The maximum atomic E-state index is 12.3. The number of hydrogen-bond acceptors (Lipinski definition) is 5. The minimum absolute atomic E-state index is 0.307. The number of thiophene rings is 1. The van der Waals surface area contributed by atoms with Crippen molar-refractivity contribution in [2.45, 2.75) is 17.7 Å². The Morgan fingerprint density at radius 1 is 1.24 bits per heavy atom. The molecule has 0 aliphatic carbocycles. The zero-order valence-corrected chi connectivity index (χ0v) is 13.8. The predicted octanol–water partition coefficient (Wildman–Crippen LogP) is 2.59. The molecule has 0 fully saturated rings. The van der Waals surface area contributed by atoms with Gasteiger partial charge in [-0.2, -0.15) is 0 Å². The lowest BCUT2D eigenvalue weighted by Gasteiger charge is -2.09. The first-order valence-corrected chi connectivity index (χ1v) is 8.67. The molecule has 0 radical (unpaired) electrons. The van der Waals surface area contributed by atoms with Crippen molar-refractivity contribution in [3.8, 4) is 5.75 Å². The van der Waals surface area contributed by atoms with E-state index in [-0.39, 0.29) is 0 Å². The van der Waals surface area contributed by atoms with Crippen LogP contribution in [0.25, 0.3) is 0 Å². The van der Waals surface area contributed by atoms with Gasteiger partial charge in [0.05, 0.1) is 7.11 Å². The third-order valence-corrected chi connectivity index (χ3v) is 5.86. The average Bonchev–Trinajstić information content (AvgIpc) is 2.88. The molecule has 2 aromatic rings. The minimum atomic E-state index is -3.55. The second kappa shape index (κ2) is 6.46. The van der Waals surface area contributed by atoms with Crippen LogP contribution in [-0.4, -0.2) is 22.6 Å². The lowest BCUT2D eigenvalue weighted by Crippen LogP contribution is -2.11. The maximum Gasteiger partial charge on any atom is 0.271 e. The van der Waals surface area contributed by atoms with E-state index >= 15 is 0 Å². The predicted molar refractivity (Wildman–Crippen MR) is 85.6 cm³/mol. The van der Waals surface area contributed by atoms with Gasteiger partial charge in [-0.25, -0.2) is 8.42 Å². The number of rotatable bonds is 6. The lowest BCUT2D eigenvalue weighted by molar-refractivity contribution is 0.412. The van der Waals surface area contributed by atoms with Crippen LogP contribution < -0.4 is 14.8 Å². The van der Waals surface area contributed by atoms with E-state index in [2.05, 4.69) is 10.0 Å². The Morgan fingerprint density at radius 3 is 2.62 bits per heavy atom. The summed E-state index contributed by atoms with van der Waals surface area (Å²) in [4.78, 5) is 0.976. The highest BCUT2D eigenvalue weighted by Crippen LogP contribution is 2.26. The SMILES string of the molecule is CNCc1ccc(S(=O)(=O)Nc2ccc(OC)c(C)c2)s1. The molecule has 0 spiro atoms. The third kappa shape index (κ3) is 3.75. The number of nitrogens with one attached hydrogen (secondary N) is 2. The fourth-order valence-corrected chi connectivity index (χ4v) is 4.34. The summed E-state index contributed by atoms with van der Waals surface area (Å²) < 4.78 is 32.7. The number of benzene rings is 1. The van der Waals surface area contributed by atoms with Gasteiger partial charge >= 0.3 is 0 Å². The summed E-state index contributed by atoms with van der Waals surface area (Å²) in [6.07, 6.45) is 0. The molecule has 0 aliphatic heterocycles. The lowest BCUT2D eigenvalue weighted by atomic mass is 10.2. The first-order valence-electron chi connectivity index (χ1n) is 6.37. The molecule has 1 aromatic heterocycles. The van der Waals surface area contributed by atoms with Crippen molar-refractivity contribution in [3.05, 3.63) is 40.8 Å². The van der Waals surface area contributed by atoms with E-state index in [1.54, 1.807) is 31.4 Å². The van der Waals surface area contributed by atoms with Gasteiger partial charge in [0.15, 0.2) is 0 Å². The number of methoxy groups -OCH3 is 1. The first-order chi connectivity index (χ1) is 9.96. The third-order valence-electron chi connectivity index (χ3n) is 2.90. The molecule has 114 valence electrons. The van der Waals surface area contributed by atoms with Crippen molar-refractivity contribution in [2.75, 3.05) is 18.9 Å². The van der Waals surface area contributed by atoms with Crippen LogP contribution in [0.5, 0.6) is 5.75 Å². The molecule has 1 aromatic carbocycles. The van der Waals surface area contributed by atoms with Crippen LogP contribution in [0.4, 0.5) is 5.69 Å². The molecule has 0 aliphatic rings. The molecule has 0 atom stereocenters. The summed E-state index contributed by atoms with van der Waals surface area (Å²) in [6, 6.07) is 8.61. The van der Waals surface area contributed by atoms with Crippen LogP contribution >= 0.6 is 11.3 Å². The number of anilines is 1. The topological polar surface area (TPSA) is 67.4 Å². The van der Waals surface area contributed by atoms with Crippen molar-refractivity contribution < 1.29 is 13.2 Å². The Balaban J connectivity index is 2.22. The monoisotopic (exact) mass is 326 g/mol. The number of sulfonamides is 1. The summed E-state index contributed by atoms with van der Waals surface area (Å²) in [5.41, 5.74) is 1.40. The van der Waals surface area contributed by atoms with Gasteiger partial charge in [-0.3, -0.25) is 4.72 Å². The van der Waals surface area contributed by atoms with E-state index in [0.29, 0.717) is 16.4 Å². The molecule has 21 heavy (non-hydrogen) atoms. The number of ether oxygens (including phenoxy) is 1. The van der Waals surface area contributed by atoms with E-state index in [9.17, 15) is 8.42 Å². The normalized spacial score (nSPS) is 11.4. The Morgan fingerprint density at radius 2 is 2.00 bits per heavy atom. The first kappa shape index (κ1) is 15.8. The van der Waals surface area contributed by atoms with Crippen LogP contribution in [-0.2, 0) is 16.6 Å². The van der Waals surface area contributed by atoms with Crippen molar-refractivity contribution in [1.29, 1.82) is 0 Å². The molecule has 1 heterocycles. The van der Waals surface area contributed by atoms with Gasteiger partial charge in [-0.05, 0) is 49.9 Å². The molecule has 0 saturated carbocycles. The van der Waals surface area contributed by atoms with Gasteiger partial charge in [0, 0.05) is 17.1 Å². The van der Waals surface area contributed by atoms with E-state index in [1.165, 1.54) is 11.3 Å². The van der Waals surface area contributed by atoms with Crippen molar-refractivity contribution in [1.82, 2.24) is 5.32 Å². The summed E-state index contributed by atoms with van der Waals surface area (Å²) in [5, 5.41) is 3.00. The Bertz CT molecular complexity index is 724. The standard InChI is InChI=1S/C14H18N2O3S2/c1-10-8-11(4-6-13(10)19-3)16-21(17,18)14-7-5-12(20-14)9-15-2/h4-8,15-16H,9H2,1-3H3. The fourth-order valence-electron chi connectivity index (χ4n) is 1.92. The van der Waals surface area contributed by atoms with Gasteiger partial charge in [-0.1, -0.05) is 0 Å². The van der Waals surface area contributed by atoms with Gasteiger partial charge in [0.25, 0.3) is 10.0 Å². The van der Waals surface area contributed by atoms with Gasteiger partial charge < -0.3 is 10.1 Å².